The molecule has 6 nitrogen and oxygen atoms in total. The molecule has 1 aliphatic carbocycles. The van der Waals surface area contributed by atoms with Crippen molar-refractivity contribution in [3.8, 4) is 16.3 Å². The van der Waals surface area contributed by atoms with Gasteiger partial charge in [0.15, 0.2) is 0 Å². The molecule has 1 atom stereocenters. The van der Waals surface area contributed by atoms with E-state index in [1.54, 1.807) is 16.3 Å². The molecular weight excluding hydrogens is 334 g/mol. The van der Waals surface area contributed by atoms with Crippen LogP contribution >= 0.6 is 11.3 Å². The first-order valence-electron chi connectivity index (χ1n) is 8.30. The summed E-state index contributed by atoms with van der Waals surface area (Å²) in [5.74, 6) is 0.393. The highest BCUT2D eigenvalue weighted by atomic mass is 32.1. The highest BCUT2D eigenvalue weighted by molar-refractivity contribution is 7.13. The number of benzene rings is 1. The van der Waals surface area contributed by atoms with Crippen molar-refractivity contribution in [1.29, 1.82) is 0 Å². The third-order valence-corrected chi connectivity index (χ3v) is 5.20. The maximum absolute atomic E-state index is 12.2. The monoisotopic (exact) mass is 353 g/mol. The van der Waals surface area contributed by atoms with E-state index in [1.807, 2.05) is 36.5 Å². The Kier molecular flexibility index (Phi) is 4.33. The van der Waals surface area contributed by atoms with Gasteiger partial charge in [0.2, 0.25) is 0 Å². The van der Waals surface area contributed by atoms with Crippen molar-refractivity contribution >= 4 is 17.2 Å². The average molecular weight is 353 g/mol. The summed E-state index contributed by atoms with van der Waals surface area (Å²) < 4.78 is 1.80. The maximum atomic E-state index is 12.2. The van der Waals surface area contributed by atoms with E-state index < -0.39 is 0 Å². The number of aromatic nitrogens is 3. The number of nitrogens with two attached hydrogens (primary N) is 1. The number of carbonyl (C=O) groups is 1. The van der Waals surface area contributed by atoms with Gasteiger partial charge >= 0.3 is 0 Å². The summed E-state index contributed by atoms with van der Waals surface area (Å²) in [5.41, 5.74) is 8.32. The molecule has 0 radical (unpaired) electrons. The van der Waals surface area contributed by atoms with Gasteiger partial charge in [0, 0.05) is 29.7 Å². The lowest BCUT2D eigenvalue weighted by atomic mass is 10.2. The molecule has 1 unspecified atom stereocenters. The van der Waals surface area contributed by atoms with Crippen LogP contribution in [0.4, 0.5) is 0 Å². The fourth-order valence-electron chi connectivity index (χ4n) is 2.66. The molecule has 0 saturated heterocycles. The first kappa shape index (κ1) is 16.0. The summed E-state index contributed by atoms with van der Waals surface area (Å²) >= 11 is 1.44. The van der Waals surface area contributed by atoms with E-state index in [1.165, 1.54) is 24.2 Å². The van der Waals surface area contributed by atoms with Crippen LogP contribution in [0.1, 0.15) is 23.3 Å². The van der Waals surface area contributed by atoms with Crippen LogP contribution < -0.4 is 11.1 Å². The van der Waals surface area contributed by atoms with Gasteiger partial charge in [-0.3, -0.25) is 4.79 Å². The minimum absolute atomic E-state index is 0.0474. The zero-order valence-electron chi connectivity index (χ0n) is 13.6. The number of hydrogen-bond acceptors (Lipinski definition) is 5. The molecule has 3 N–H and O–H groups in total. The number of thiazole rings is 1. The van der Waals surface area contributed by atoms with Gasteiger partial charge in [-0.15, -0.1) is 11.3 Å². The number of carbonyl (C=O) groups excluding carboxylic acids is 1. The second kappa shape index (κ2) is 6.78. The Bertz CT molecular complexity index is 868. The molecule has 1 aromatic carbocycles. The van der Waals surface area contributed by atoms with Gasteiger partial charge in [-0.05, 0) is 30.9 Å². The maximum Gasteiger partial charge on any atom is 0.270 e. The van der Waals surface area contributed by atoms with E-state index in [9.17, 15) is 4.79 Å². The Morgan fingerprint density at radius 3 is 2.92 bits per heavy atom. The first-order chi connectivity index (χ1) is 12.2. The first-order valence-corrected chi connectivity index (χ1v) is 9.18. The van der Waals surface area contributed by atoms with E-state index >= 15 is 0 Å². The minimum atomic E-state index is -0.172. The third-order valence-electron chi connectivity index (χ3n) is 4.31. The van der Waals surface area contributed by atoms with Gasteiger partial charge in [-0.25, -0.2) is 9.67 Å². The van der Waals surface area contributed by atoms with Crippen LogP contribution in [0, 0.1) is 5.92 Å². The van der Waals surface area contributed by atoms with Crippen molar-refractivity contribution in [1.82, 2.24) is 20.1 Å². The number of nitrogens with zero attached hydrogens (tertiary/aromatic N) is 3. The quantitative estimate of drug-likeness (QED) is 0.713. The second-order valence-electron chi connectivity index (χ2n) is 6.26. The summed E-state index contributed by atoms with van der Waals surface area (Å²) in [7, 11) is 0. The molecule has 1 amide bonds. The molecule has 7 heteroatoms. The summed E-state index contributed by atoms with van der Waals surface area (Å²) in [6, 6.07) is 9.92. The Morgan fingerprint density at radius 1 is 1.36 bits per heavy atom. The van der Waals surface area contributed by atoms with Gasteiger partial charge in [0.25, 0.3) is 5.91 Å². The predicted octanol–water partition coefficient (Wildman–Crippen LogP) is 2.46. The fourth-order valence-corrected chi connectivity index (χ4v) is 3.43. The van der Waals surface area contributed by atoms with E-state index in [2.05, 4.69) is 15.4 Å². The Morgan fingerprint density at radius 2 is 2.16 bits per heavy atom. The van der Waals surface area contributed by atoms with Crippen molar-refractivity contribution in [3.63, 3.8) is 0 Å². The normalized spacial score (nSPS) is 15.1. The van der Waals surface area contributed by atoms with Crippen molar-refractivity contribution < 1.29 is 4.79 Å². The van der Waals surface area contributed by atoms with E-state index in [4.69, 9.17) is 5.73 Å². The zero-order chi connectivity index (χ0) is 17.2. The molecular formula is C18H19N5OS. The van der Waals surface area contributed by atoms with Crippen molar-refractivity contribution in [3.05, 3.63) is 53.8 Å². The summed E-state index contributed by atoms with van der Waals surface area (Å²) in [4.78, 5) is 16.7. The van der Waals surface area contributed by atoms with Crippen molar-refractivity contribution in [2.75, 3.05) is 6.54 Å². The predicted molar refractivity (Wildman–Crippen MR) is 97.7 cm³/mol. The van der Waals surface area contributed by atoms with Gasteiger partial charge in [0.05, 0.1) is 11.9 Å². The third kappa shape index (κ3) is 3.62. The standard InChI is InChI=1S/C18H19N5OS/c19-15(12-6-7-12)9-20-17(24)16-11-25-18(22-16)13-8-21-23(10-13)14-4-2-1-3-5-14/h1-5,8,10-12,15H,6-7,9,19H2,(H,20,24). The van der Waals surface area contributed by atoms with Crippen LogP contribution in [0.3, 0.4) is 0 Å². The molecule has 2 heterocycles. The summed E-state index contributed by atoms with van der Waals surface area (Å²) in [6.45, 7) is 0.502. The van der Waals surface area contributed by atoms with E-state index in [0.717, 1.165) is 16.3 Å². The smallest absolute Gasteiger partial charge is 0.270 e. The van der Waals surface area contributed by atoms with Crippen molar-refractivity contribution in [2.24, 2.45) is 11.7 Å². The highest BCUT2D eigenvalue weighted by Gasteiger charge is 2.28. The van der Waals surface area contributed by atoms with Gasteiger partial charge in [-0.1, -0.05) is 18.2 Å². The van der Waals surface area contributed by atoms with Gasteiger partial charge in [0.1, 0.15) is 10.7 Å². The topological polar surface area (TPSA) is 85.8 Å². The Balaban J connectivity index is 1.44. The molecule has 128 valence electrons. The van der Waals surface area contributed by atoms with Crippen LogP contribution in [-0.4, -0.2) is 33.3 Å². The summed E-state index contributed by atoms with van der Waals surface area (Å²) in [6.07, 6.45) is 6.02. The average Bonchev–Trinajstić information content (AvgIpc) is 3.18. The lowest BCUT2D eigenvalue weighted by Crippen LogP contribution is -2.38. The van der Waals surface area contributed by atoms with Crippen molar-refractivity contribution in [2.45, 2.75) is 18.9 Å². The molecule has 3 aromatic rings. The van der Waals surface area contributed by atoms with E-state index in [0.29, 0.717) is 18.2 Å². The van der Waals surface area contributed by atoms with Crippen LogP contribution in [0.15, 0.2) is 48.1 Å². The van der Waals surface area contributed by atoms with Gasteiger partial charge in [-0.2, -0.15) is 5.10 Å². The lowest BCUT2D eigenvalue weighted by Gasteiger charge is -2.10. The molecule has 1 saturated carbocycles. The van der Waals surface area contributed by atoms with Crippen LogP contribution in [0.5, 0.6) is 0 Å². The van der Waals surface area contributed by atoms with Crippen LogP contribution in [-0.2, 0) is 0 Å². The highest BCUT2D eigenvalue weighted by Crippen LogP contribution is 2.31. The number of amides is 1. The molecule has 0 aliphatic heterocycles. The Labute approximate surface area is 149 Å². The minimum Gasteiger partial charge on any atom is -0.349 e. The van der Waals surface area contributed by atoms with E-state index in [-0.39, 0.29) is 11.9 Å². The molecule has 0 bridgehead atoms. The molecule has 1 fully saturated rings. The van der Waals surface area contributed by atoms with Gasteiger partial charge < -0.3 is 11.1 Å². The summed E-state index contributed by atoms with van der Waals surface area (Å²) in [5, 5.41) is 9.79. The fraction of sp³-hybridized carbons (Fsp3) is 0.278. The largest absolute Gasteiger partial charge is 0.349 e. The second-order valence-corrected chi connectivity index (χ2v) is 7.12. The molecule has 25 heavy (non-hydrogen) atoms. The molecule has 4 rings (SSSR count). The van der Waals surface area contributed by atoms with Crippen LogP contribution in [0.25, 0.3) is 16.3 Å². The molecule has 2 aromatic heterocycles. The number of rotatable bonds is 6. The number of nitrogens with one attached hydrogen (secondary N) is 1. The number of para-hydroxylation sites is 1. The zero-order valence-corrected chi connectivity index (χ0v) is 14.4. The SMILES string of the molecule is NC(CNC(=O)c1csc(-c2cnn(-c3ccccc3)c2)n1)C1CC1. The Hall–Kier alpha value is -2.51. The molecule has 0 spiro atoms. The molecule has 1 aliphatic rings. The number of hydrogen-bond donors (Lipinski definition) is 2. The lowest BCUT2D eigenvalue weighted by molar-refractivity contribution is 0.0946. The van der Waals surface area contributed by atoms with Crippen LogP contribution in [0.2, 0.25) is 0 Å².